The minimum Gasteiger partial charge on any atom is -0.487 e. The van der Waals surface area contributed by atoms with E-state index in [4.69, 9.17) is 4.74 Å². The predicted molar refractivity (Wildman–Crippen MR) is 79.8 cm³/mol. The highest BCUT2D eigenvalue weighted by atomic mass is 16.5. The molecule has 0 saturated carbocycles. The maximum absolute atomic E-state index is 6.37. The number of hydrogen-bond acceptors (Lipinski definition) is 1. The van der Waals surface area contributed by atoms with Gasteiger partial charge in [-0.05, 0) is 54.6 Å². The second-order valence-corrected chi connectivity index (χ2v) is 8.49. The van der Waals surface area contributed by atoms with Gasteiger partial charge in [0.25, 0.3) is 0 Å². The van der Waals surface area contributed by atoms with E-state index in [9.17, 15) is 0 Å². The topological polar surface area (TPSA) is 9.23 Å². The average Bonchev–Trinajstić information content (AvgIpc) is 2.65. The summed E-state index contributed by atoms with van der Waals surface area (Å²) in [6.07, 6.45) is 3.57. The second kappa shape index (κ2) is 3.48. The van der Waals surface area contributed by atoms with Gasteiger partial charge in [-0.15, -0.1) is 0 Å². The third kappa shape index (κ3) is 1.60. The number of ether oxygens (including phenoxy) is 1. The van der Waals surface area contributed by atoms with E-state index in [-0.39, 0.29) is 11.0 Å². The van der Waals surface area contributed by atoms with E-state index >= 15 is 0 Å². The van der Waals surface area contributed by atoms with Crippen LogP contribution in [0.25, 0.3) is 0 Å². The van der Waals surface area contributed by atoms with Gasteiger partial charge >= 0.3 is 0 Å². The van der Waals surface area contributed by atoms with E-state index in [1.807, 2.05) is 0 Å². The van der Waals surface area contributed by atoms with Crippen LogP contribution in [0.5, 0.6) is 0 Å². The van der Waals surface area contributed by atoms with Crippen LogP contribution in [0.1, 0.15) is 67.7 Å². The first-order valence-electron chi connectivity index (χ1n) is 7.73. The van der Waals surface area contributed by atoms with E-state index in [2.05, 4.69) is 48.5 Å². The van der Waals surface area contributed by atoms with Gasteiger partial charge in [0.2, 0.25) is 0 Å². The Morgan fingerprint density at radius 2 is 1.58 bits per heavy atom. The first-order chi connectivity index (χ1) is 8.57. The molecule has 3 rings (SSSR count). The summed E-state index contributed by atoms with van der Waals surface area (Å²) in [5.41, 5.74) is 5.34. The number of rotatable bonds is 0. The van der Waals surface area contributed by atoms with Crippen LogP contribution < -0.4 is 0 Å². The maximum Gasteiger partial charge on any atom is 0.123 e. The van der Waals surface area contributed by atoms with Gasteiger partial charge in [0.1, 0.15) is 11.4 Å². The van der Waals surface area contributed by atoms with Gasteiger partial charge in [-0.25, -0.2) is 0 Å². The summed E-state index contributed by atoms with van der Waals surface area (Å²) < 4.78 is 6.37. The van der Waals surface area contributed by atoms with Gasteiger partial charge in [0.05, 0.1) is 0 Å². The van der Waals surface area contributed by atoms with Crippen LogP contribution >= 0.6 is 0 Å². The molecule has 1 heterocycles. The molecular formula is C18H28O. The monoisotopic (exact) mass is 260 g/mol. The molecule has 0 fully saturated rings. The molecule has 1 atom stereocenters. The Balaban J connectivity index is 2.15. The van der Waals surface area contributed by atoms with Crippen LogP contribution in [-0.2, 0) is 4.74 Å². The molecule has 0 saturated heterocycles. The van der Waals surface area contributed by atoms with Gasteiger partial charge in [-0.1, -0.05) is 40.2 Å². The fourth-order valence-corrected chi connectivity index (χ4v) is 4.65. The van der Waals surface area contributed by atoms with E-state index in [0.717, 1.165) is 6.42 Å². The Kier molecular flexibility index (Phi) is 2.43. The smallest absolute Gasteiger partial charge is 0.123 e. The van der Waals surface area contributed by atoms with Crippen molar-refractivity contribution in [2.24, 2.45) is 16.7 Å². The van der Waals surface area contributed by atoms with E-state index in [1.165, 1.54) is 18.6 Å². The third-order valence-corrected chi connectivity index (χ3v) is 6.13. The van der Waals surface area contributed by atoms with Crippen LogP contribution in [0.15, 0.2) is 22.5 Å². The summed E-state index contributed by atoms with van der Waals surface area (Å²) in [4.78, 5) is 0. The molecule has 0 N–H and O–H groups in total. The standard InChI is InChI=1S/C18H28O/c1-11-17(4,5)13-9-8-12-10-16(2,3)19-15(12)14(13)18(11,6)7/h11H,8-10H2,1-7H3. The maximum atomic E-state index is 6.37. The molecule has 0 aromatic rings. The van der Waals surface area contributed by atoms with E-state index in [0.29, 0.717) is 11.3 Å². The summed E-state index contributed by atoms with van der Waals surface area (Å²) in [6, 6.07) is 0. The third-order valence-electron chi connectivity index (χ3n) is 6.13. The summed E-state index contributed by atoms with van der Waals surface area (Å²) >= 11 is 0. The number of fused-ring (bicyclic) bond motifs is 1. The molecule has 1 aliphatic heterocycles. The lowest BCUT2D eigenvalue weighted by molar-refractivity contribution is 0.0600. The number of hydrogen-bond donors (Lipinski definition) is 0. The van der Waals surface area contributed by atoms with Crippen LogP contribution in [-0.4, -0.2) is 5.60 Å². The van der Waals surface area contributed by atoms with Gasteiger partial charge in [0, 0.05) is 6.42 Å². The first-order valence-corrected chi connectivity index (χ1v) is 7.73. The molecule has 3 aliphatic rings. The van der Waals surface area contributed by atoms with Gasteiger partial charge in [-0.2, -0.15) is 0 Å². The van der Waals surface area contributed by atoms with Crippen LogP contribution in [0, 0.1) is 16.7 Å². The molecular weight excluding hydrogens is 232 g/mol. The van der Waals surface area contributed by atoms with Crippen molar-refractivity contribution in [3.63, 3.8) is 0 Å². The van der Waals surface area contributed by atoms with Crippen molar-refractivity contribution in [2.75, 3.05) is 0 Å². The molecule has 0 radical (unpaired) electrons. The number of allylic oxidation sites excluding steroid dienone is 2. The molecule has 1 unspecified atom stereocenters. The summed E-state index contributed by atoms with van der Waals surface area (Å²) in [5.74, 6) is 1.94. The molecule has 106 valence electrons. The molecule has 1 nitrogen and oxygen atoms in total. The predicted octanol–water partition coefficient (Wildman–Crippen LogP) is 5.23. The summed E-state index contributed by atoms with van der Waals surface area (Å²) in [5, 5.41) is 0. The highest BCUT2D eigenvalue weighted by molar-refractivity contribution is 5.51. The van der Waals surface area contributed by atoms with Crippen LogP contribution in [0.4, 0.5) is 0 Å². The molecule has 0 aromatic heterocycles. The molecule has 0 bridgehead atoms. The lowest BCUT2D eigenvalue weighted by atomic mass is 9.69. The van der Waals surface area contributed by atoms with Gasteiger partial charge in [-0.3, -0.25) is 0 Å². The van der Waals surface area contributed by atoms with Crippen molar-refractivity contribution in [1.82, 2.24) is 0 Å². The average molecular weight is 260 g/mol. The van der Waals surface area contributed by atoms with Gasteiger partial charge in [0.15, 0.2) is 0 Å². The Bertz CT molecular complexity index is 500. The first kappa shape index (κ1) is 13.3. The van der Waals surface area contributed by atoms with E-state index < -0.39 is 0 Å². The lowest BCUT2D eigenvalue weighted by Gasteiger charge is -2.35. The van der Waals surface area contributed by atoms with Crippen molar-refractivity contribution in [1.29, 1.82) is 0 Å². The Hall–Kier alpha value is -0.720. The largest absolute Gasteiger partial charge is 0.487 e. The highest BCUT2D eigenvalue weighted by Crippen LogP contribution is 2.63. The Labute approximate surface area is 118 Å². The zero-order chi connectivity index (χ0) is 14.2. The minimum atomic E-state index is -0.000826. The minimum absolute atomic E-state index is 0.000826. The molecule has 0 amide bonds. The quantitative estimate of drug-likeness (QED) is 0.579. The van der Waals surface area contributed by atoms with Crippen molar-refractivity contribution in [3.8, 4) is 0 Å². The molecule has 19 heavy (non-hydrogen) atoms. The summed E-state index contributed by atoms with van der Waals surface area (Å²) in [7, 11) is 0. The zero-order valence-corrected chi connectivity index (χ0v) is 13.6. The SMILES string of the molecule is CC1C(C)(C)C2=C(C3=C(CC2)CC(C)(C)O3)C1(C)C. The highest BCUT2D eigenvalue weighted by Gasteiger charge is 2.54. The molecule has 0 aromatic carbocycles. The van der Waals surface area contributed by atoms with Crippen molar-refractivity contribution < 1.29 is 4.74 Å². The van der Waals surface area contributed by atoms with Crippen LogP contribution in [0.3, 0.4) is 0 Å². The normalized spacial score (nSPS) is 34.2. The lowest BCUT2D eigenvalue weighted by Crippen LogP contribution is -2.28. The van der Waals surface area contributed by atoms with Gasteiger partial charge < -0.3 is 4.74 Å². The zero-order valence-electron chi connectivity index (χ0n) is 13.6. The fourth-order valence-electron chi connectivity index (χ4n) is 4.65. The van der Waals surface area contributed by atoms with Crippen molar-refractivity contribution in [2.45, 2.75) is 73.3 Å². The fraction of sp³-hybridized carbons (Fsp3) is 0.778. The Morgan fingerprint density at radius 3 is 2.21 bits per heavy atom. The van der Waals surface area contributed by atoms with Crippen molar-refractivity contribution in [3.05, 3.63) is 22.5 Å². The van der Waals surface area contributed by atoms with Crippen LogP contribution in [0.2, 0.25) is 0 Å². The summed E-state index contributed by atoms with van der Waals surface area (Å²) in [6.45, 7) is 16.5. The molecule has 2 aliphatic carbocycles. The second-order valence-electron chi connectivity index (χ2n) is 8.49. The van der Waals surface area contributed by atoms with E-state index in [1.54, 1.807) is 16.7 Å². The Morgan fingerprint density at radius 1 is 0.947 bits per heavy atom. The molecule has 0 spiro atoms. The molecule has 1 heteroatoms. The van der Waals surface area contributed by atoms with Crippen molar-refractivity contribution >= 4 is 0 Å².